The second kappa shape index (κ2) is 10.6. The zero-order valence-electron chi connectivity index (χ0n) is 25.2. The first kappa shape index (κ1) is 29.0. The molecule has 0 radical (unpaired) electrons. The van der Waals surface area contributed by atoms with E-state index in [4.69, 9.17) is 9.13 Å². The summed E-state index contributed by atoms with van der Waals surface area (Å²) in [7, 11) is -5.20. The third-order valence-electron chi connectivity index (χ3n) is 8.79. The van der Waals surface area contributed by atoms with Gasteiger partial charge < -0.3 is 4.57 Å². The summed E-state index contributed by atoms with van der Waals surface area (Å²) in [5.41, 5.74) is 2.81. The highest BCUT2D eigenvalue weighted by atomic mass is 32.2. The highest BCUT2D eigenvalue weighted by molar-refractivity contribution is 7.92. The third-order valence-corrected chi connectivity index (χ3v) is 17.1. The highest BCUT2D eigenvalue weighted by Gasteiger charge is 2.51. The predicted octanol–water partition coefficient (Wildman–Crippen LogP) is 6.66. The van der Waals surface area contributed by atoms with Gasteiger partial charge in [-0.15, -0.1) is 0 Å². The van der Waals surface area contributed by atoms with E-state index in [9.17, 15) is 9.47 Å². The van der Waals surface area contributed by atoms with Gasteiger partial charge in [0, 0.05) is 42.1 Å². The van der Waals surface area contributed by atoms with Gasteiger partial charge in [0.25, 0.3) is 0 Å². The van der Waals surface area contributed by atoms with Crippen LogP contribution < -0.4 is 0 Å². The molecule has 11 heteroatoms. The number of nitriles is 1. The molecule has 6 rings (SSSR count). The van der Waals surface area contributed by atoms with Crippen molar-refractivity contribution in [2.24, 2.45) is 4.03 Å². The molecule has 9 nitrogen and oxygen atoms in total. The van der Waals surface area contributed by atoms with Crippen molar-refractivity contribution < 1.29 is 4.21 Å². The van der Waals surface area contributed by atoms with Gasteiger partial charge in [0.15, 0.2) is 8.24 Å². The van der Waals surface area contributed by atoms with Crippen molar-refractivity contribution in [2.75, 3.05) is 13.1 Å². The lowest BCUT2D eigenvalue weighted by Crippen LogP contribution is -2.64. The molecule has 4 heterocycles. The van der Waals surface area contributed by atoms with E-state index in [2.05, 4.69) is 49.9 Å². The van der Waals surface area contributed by atoms with E-state index in [0.717, 1.165) is 28.0 Å². The third kappa shape index (κ3) is 4.99. The lowest BCUT2D eigenvalue weighted by atomic mass is 9.89. The number of para-hydroxylation sites is 1. The minimum absolute atomic E-state index is 0.0712. The van der Waals surface area contributed by atoms with Crippen LogP contribution in [0.1, 0.15) is 27.2 Å². The first-order valence-corrected chi connectivity index (χ1v) is 18.8. The first-order valence-electron chi connectivity index (χ1n) is 14.4. The van der Waals surface area contributed by atoms with E-state index < -0.39 is 23.7 Å². The topological polar surface area (TPSA) is 105 Å². The molecule has 0 aliphatic carbocycles. The zero-order chi connectivity index (χ0) is 30.5. The zero-order valence-corrected chi connectivity index (χ0v) is 27.0. The summed E-state index contributed by atoms with van der Waals surface area (Å²) in [5.74, 6) is 0. The summed E-state index contributed by atoms with van der Waals surface area (Å²) >= 11 is 0. The fraction of sp³-hybridized carbons (Fsp3) is 0.312. The molecule has 1 aliphatic rings. The van der Waals surface area contributed by atoms with E-state index in [1.54, 1.807) is 12.5 Å². The van der Waals surface area contributed by atoms with Gasteiger partial charge in [-0.1, -0.05) is 57.2 Å². The Labute approximate surface area is 254 Å². The van der Waals surface area contributed by atoms with Gasteiger partial charge in [0.05, 0.1) is 29.3 Å². The van der Waals surface area contributed by atoms with E-state index in [1.165, 1.54) is 0 Å². The highest BCUT2D eigenvalue weighted by Crippen LogP contribution is 2.42. The van der Waals surface area contributed by atoms with Gasteiger partial charge in [0.1, 0.15) is 27.4 Å². The fourth-order valence-electron chi connectivity index (χ4n) is 5.26. The molecule has 3 aromatic heterocycles. The van der Waals surface area contributed by atoms with Crippen molar-refractivity contribution in [1.82, 2.24) is 28.6 Å². The van der Waals surface area contributed by atoms with Crippen LogP contribution in [0.3, 0.4) is 0 Å². The Bertz CT molecular complexity index is 1940. The van der Waals surface area contributed by atoms with Gasteiger partial charge in [-0.05, 0) is 48.5 Å². The molecule has 0 bridgehead atoms. The minimum Gasteiger partial charge on any atom is -0.301 e. The van der Waals surface area contributed by atoms with Gasteiger partial charge in [-0.25, -0.2) is 18.5 Å². The number of benzene rings is 2. The van der Waals surface area contributed by atoms with Crippen LogP contribution in [0.5, 0.6) is 0 Å². The van der Waals surface area contributed by atoms with E-state index >= 15 is 0 Å². The first-order chi connectivity index (χ1) is 20.5. The molecule has 0 N–H and O–H groups in total. The van der Waals surface area contributed by atoms with E-state index in [1.807, 2.05) is 92.7 Å². The van der Waals surface area contributed by atoms with Gasteiger partial charge in [-0.2, -0.15) is 10.4 Å². The quantitative estimate of drug-likeness (QED) is 0.192. The lowest BCUT2D eigenvalue weighted by molar-refractivity contribution is 0.0750. The van der Waals surface area contributed by atoms with Gasteiger partial charge in [0.2, 0.25) is 0 Å². The maximum atomic E-state index is 14.9. The largest absolute Gasteiger partial charge is 0.301 e. The normalized spacial score (nSPS) is 16.7. The van der Waals surface area contributed by atoms with Crippen molar-refractivity contribution in [3.8, 4) is 23.0 Å². The Hall–Kier alpha value is -4.11. The maximum absolute atomic E-state index is 14.9. The molecule has 1 unspecified atom stereocenters. The molecule has 2 aromatic carbocycles. The number of hydrogen-bond donors (Lipinski definition) is 0. The summed E-state index contributed by atoms with van der Waals surface area (Å²) in [6, 6.07) is 24.0. The Kier molecular flexibility index (Phi) is 7.11. The van der Waals surface area contributed by atoms with Crippen LogP contribution >= 0.6 is 0 Å². The molecule has 1 atom stereocenters. The lowest BCUT2D eigenvalue weighted by Gasteiger charge is -2.50. The van der Waals surface area contributed by atoms with Gasteiger partial charge >= 0.3 is 0 Å². The summed E-state index contributed by atoms with van der Waals surface area (Å²) in [6.45, 7) is 11.7. The monoisotopic (exact) mass is 608 g/mol. The van der Waals surface area contributed by atoms with Crippen LogP contribution in [-0.2, 0) is 15.5 Å². The van der Waals surface area contributed by atoms with Crippen molar-refractivity contribution in [3.05, 3.63) is 91.6 Å². The Morgan fingerprint density at radius 3 is 2.35 bits per heavy atom. The average molecular weight is 609 g/mol. The van der Waals surface area contributed by atoms with Crippen LogP contribution in [0, 0.1) is 11.3 Å². The molecule has 0 saturated carbocycles. The number of fused-ring (bicyclic) bond motifs is 1. The Morgan fingerprint density at radius 2 is 1.70 bits per heavy atom. The molecule has 0 amide bonds. The van der Waals surface area contributed by atoms with Crippen molar-refractivity contribution in [2.45, 2.75) is 55.8 Å². The smallest absolute Gasteiger partial charge is 0.195 e. The van der Waals surface area contributed by atoms with Crippen molar-refractivity contribution in [3.63, 3.8) is 0 Å². The van der Waals surface area contributed by atoms with Crippen LogP contribution in [-0.4, -0.2) is 54.2 Å². The fourth-order valence-corrected chi connectivity index (χ4v) is 11.4. The molecule has 1 saturated heterocycles. The van der Waals surface area contributed by atoms with Crippen LogP contribution in [0.15, 0.2) is 101 Å². The number of aromatic nitrogens is 5. The second-order valence-electron chi connectivity index (χ2n) is 12.7. The van der Waals surface area contributed by atoms with Crippen LogP contribution in [0.4, 0.5) is 0 Å². The van der Waals surface area contributed by atoms with Crippen LogP contribution in [0.2, 0.25) is 18.1 Å². The molecule has 5 aromatic rings. The number of nitrogens with zero attached hydrogens (tertiary/aromatic N) is 8. The second-order valence-corrected chi connectivity index (χ2v) is 20.1. The maximum Gasteiger partial charge on any atom is 0.195 e. The molecule has 1 aliphatic heterocycles. The molecule has 1 fully saturated rings. The number of hydrogen-bond acceptors (Lipinski definition) is 6. The minimum atomic E-state index is -2.90. The molecular weight excluding hydrogens is 573 g/mol. The predicted molar refractivity (Wildman–Crippen MR) is 172 cm³/mol. The molecule has 0 spiro atoms. The SMILES string of the molecule is CC(C)(C)[Si](C)(C)N=S(=O)(c1ccccc1)N1CC(CC#N)(n2cc(-c3ncnc4c3ccn4-c3ccccc3)cn2)C1. The summed E-state index contributed by atoms with van der Waals surface area (Å²) in [6.07, 6.45) is 7.54. The summed E-state index contributed by atoms with van der Waals surface area (Å²) < 4.78 is 26.0. The van der Waals surface area contributed by atoms with E-state index in [0.29, 0.717) is 18.0 Å². The van der Waals surface area contributed by atoms with Gasteiger partial charge in [-0.3, -0.25) is 8.71 Å². The Morgan fingerprint density at radius 1 is 1.02 bits per heavy atom. The van der Waals surface area contributed by atoms with Crippen LogP contribution in [0.25, 0.3) is 28.0 Å². The number of rotatable bonds is 7. The molecule has 43 heavy (non-hydrogen) atoms. The van der Waals surface area contributed by atoms with Crippen molar-refractivity contribution in [1.29, 1.82) is 5.26 Å². The average Bonchev–Trinajstić information content (AvgIpc) is 3.63. The van der Waals surface area contributed by atoms with E-state index in [-0.39, 0.29) is 11.5 Å². The summed E-state index contributed by atoms with van der Waals surface area (Å²) in [4.78, 5) is 9.89. The van der Waals surface area contributed by atoms with Crippen molar-refractivity contribution >= 4 is 29.2 Å². The molecular formula is C32H36N8OSSi. The standard InChI is InChI=1S/C32H36N8OSSi/c1-31(2,3)43(4,5)37-42(41,27-14-10-7-11-15-27)38-22-32(23-38,17-18-33)40-21-25(20-36-40)29-28-16-19-39(30(28)35-24-34-29)26-12-8-6-9-13-26/h6-16,19-21,24H,17,22-23H2,1-5H3. The Balaban J connectivity index is 1.36. The summed E-state index contributed by atoms with van der Waals surface area (Å²) in [5, 5.41) is 15.5. The molecule has 220 valence electrons.